The molecule has 13 heavy (non-hydrogen) atoms. The second-order valence-electron chi connectivity index (χ2n) is 4.19. The van der Waals surface area contributed by atoms with Gasteiger partial charge in [-0.05, 0) is 38.1 Å². The highest BCUT2D eigenvalue weighted by Crippen LogP contribution is 2.32. The molecule has 2 aliphatic rings. The first-order valence-electron chi connectivity index (χ1n) is 5.25. The van der Waals surface area contributed by atoms with Crippen molar-refractivity contribution in [3.63, 3.8) is 0 Å². The first-order chi connectivity index (χ1) is 5.88. The molecule has 2 fully saturated rings. The molecule has 0 amide bonds. The van der Waals surface area contributed by atoms with Crippen LogP contribution in [0.3, 0.4) is 0 Å². The number of nitrogens with one attached hydrogen (secondary N) is 1. The van der Waals surface area contributed by atoms with Crippen LogP contribution in [0.25, 0.3) is 0 Å². The fourth-order valence-electron chi connectivity index (χ4n) is 2.59. The molecule has 0 aromatic heterocycles. The third-order valence-corrected chi connectivity index (χ3v) is 3.33. The van der Waals surface area contributed by atoms with Crippen LogP contribution in [-0.2, 0) is 0 Å². The maximum absolute atomic E-state index is 13.8. The van der Waals surface area contributed by atoms with Gasteiger partial charge in [-0.25, -0.2) is 4.39 Å². The average Bonchev–Trinajstić information content (AvgIpc) is 2.77. The lowest BCUT2D eigenvalue weighted by molar-refractivity contribution is 0.182. The maximum atomic E-state index is 13.8. The summed E-state index contributed by atoms with van der Waals surface area (Å²) in [5, 5.41) is 3.26. The molecule has 78 valence electrons. The predicted molar refractivity (Wildman–Crippen MR) is 55.1 cm³/mol. The molecule has 0 aromatic carbocycles. The van der Waals surface area contributed by atoms with Crippen LogP contribution in [-0.4, -0.2) is 18.8 Å². The van der Waals surface area contributed by atoms with E-state index in [4.69, 9.17) is 0 Å². The maximum Gasteiger partial charge on any atom is 0.118 e. The first kappa shape index (κ1) is 11.3. The normalized spacial score (nSPS) is 31.6. The number of halogens is 2. The van der Waals surface area contributed by atoms with Gasteiger partial charge in [-0.15, -0.1) is 12.4 Å². The molecule has 2 rings (SSSR count). The van der Waals surface area contributed by atoms with Gasteiger partial charge in [0.15, 0.2) is 0 Å². The van der Waals surface area contributed by atoms with Gasteiger partial charge in [-0.1, -0.05) is 12.8 Å². The Bertz CT molecular complexity index is 126. The summed E-state index contributed by atoms with van der Waals surface area (Å²) >= 11 is 0. The van der Waals surface area contributed by atoms with Gasteiger partial charge in [0.1, 0.15) is 6.17 Å². The van der Waals surface area contributed by atoms with Gasteiger partial charge in [0.05, 0.1) is 0 Å². The Hall–Kier alpha value is 0.180. The molecule has 1 saturated heterocycles. The summed E-state index contributed by atoms with van der Waals surface area (Å²) in [5.41, 5.74) is 0. The Balaban J connectivity index is 0.000000845. The summed E-state index contributed by atoms with van der Waals surface area (Å²) in [7, 11) is 0. The van der Waals surface area contributed by atoms with Crippen LogP contribution in [0.15, 0.2) is 0 Å². The van der Waals surface area contributed by atoms with Crippen molar-refractivity contribution in [2.75, 3.05) is 6.54 Å². The minimum Gasteiger partial charge on any atom is -0.311 e. The minimum absolute atomic E-state index is 0. The quantitative estimate of drug-likeness (QED) is 0.734. The van der Waals surface area contributed by atoms with Crippen molar-refractivity contribution in [2.24, 2.45) is 5.92 Å². The fraction of sp³-hybridized carbons (Fsp3) is 1.00. The highest BCUT2D eigenvalue weighted by Gasteiger charge is 2.32. The zero-order valence-corrected chi connectivity index (χ0v) is 8.78. The lowest BCUT2D eigenvalue weighted by Crippen LogP contribution is -2.36. The number of alkyl halides is 1. The molecule has 0 bridgehead atoms. The van der Waals surface area contributed by atoms with Gasteiger partial charge >= 0.3 is 0 Å². The molecule has 0 radical (unpaired) electrons. The van der Waals surface area contributed by atoms with E-state index in [1.165, 1.54) is 12.8 Å². The van der Waals surface area contributed by atoms with Crippen molar-refractivity contribution in [1.29, 1.82) is 0 Å². The number of hydrogen-bond acceptors (Lipinski definition) is 1. The third kappa shape index (κ3) is 2.57. The summed E-state index contributed by atoms with van der Waals surface area (Å²) < 4.78 is 13.8. The van der Waals surface area contributed by atoms with Crippen LogP contribution in [0.5, 0.6) is 0 Å². The Labute approximate surface area is 85.9 Å². The Morgan fingerprint density at radius 1 is 1.08 bits per heavy atom. The molecule has 3 heteroatoms. The highest BCUT2D eigenvalue weighted by molar-refractivity contribution is 5.85. The molecule has 1 nitrogen and oxygen atoms in total. The van der Waals surface area contributed by atoms with Crippen molar-refractivity contribution >= 4 is 12.4 Å². The van der Waals surface area contributed by atoms with Crippen LogP contribution in [0.1, 0.15) is 38.5 Å². The van der Waals surface area contributed by atoms with Crippen LogP contribution in [0, 0.1) is 5.92 Å². The highest BCUT2D eigenvalue weighted by atomic mass is 35.5. The fourth-order valence-corrected chi connectivity index (χ4v) is 2.59. The second-order valence-corrected chi connectivity index (χ2v) is 4.19. The van der Waals surface area contributed by atoms with Crippen molar-refractivity contribution in [3.8, 4) is 0 Å². The molecule has 2 unspecified atom stereocenters. The Kier molecular flexibility index (Phi) is 4.47. The van der Waals surface area contributed by atoms with Gasteiger partial charge in [0.2, 0.25) is 0 Å². The molecule has 0 spiro atoms. The van der Waals surface area contributed by atoms with Crippen molar-refractivity contribution in [3.05, 3.63) is 0 Å². The van der Waals surface area contributed by atoms with Gasteiger partial charge < -0.3 is 5.32 Å². The van der Waals surface area contributed by atoms with E-state index in [9.17, 15) is 4.39 Å². The van der Waals surface area contributed by atoms with E-state index >= 15 is 0 Å². The summed E-state index contributed by atoms with van der Waals surface area (Å²) in [6.07, 6.45) is 6.40. The molecular formula is C10H19ClFN. The van der Waals surface area contributed by atoms with Crippen LogP contribution >= 0.6 is 12.4 Å². The van der Waals surface area contributed by atoms with Gasteiger partial charge in [-0.2, -0.15) is 0 Å². The Morgan fingerprint density at radius 2 is 1.77 bits per heavy atom. The second kappa shape index (κ2) is 5.16. The van der Waals surface area contributed by atoms with Gasteiger partial charge in [0.25, 0.3) is 0 Å². The van der Waals surface area contributed by atoms with E-state index in [0.717, 1.165) is 32.2 Å². The largest absolute Gasteiger partial charge is 0.311 e. The zero-order valence-electron chi connectivity index (χ0n) is 7.97. The molecule has 0 aromatic rings. The van der Waals surface area contributed by atoms with E-state index < -0.39 is 6.17 Å². The van der Waals surface area contributed by atoms with Crippen LogP contribution in [0.4, 0.5) is 4.39 Å². The number of rotatable bonds is 2. The zero-order chi connectivity index (χ0) is 8.39. The monoisotopic (exact) mass is 207 g/mol. The van der Waals surface area contributed by atoms with E-state index in [0.29, 0.717) is 5.92 Å². The SMILES string of the molecule is Cl.FC(C1CCCC1)C1CCCN1. The topological polar surface area (TPSA) is 12.0 Å². The van der Waals surface area contributed by atoms with Crippen molar-refractivity contribution in [2.45, 2.75) is 50.7 Å². The Morgan fingerprint density at radius 3 is 2.31 bits per heavy atom. The smallest absolute Gasteiger partial charge is 0.118 e. The standard InChI is InChI=1S/C10H18FN.ClH/c11-10(8-4-1-2-5-8)9-6-3-7-12-9;/h8-10,12H,1-7H2;1H. The van der Waals surface area contributed by atoms with Crippen molar-refractivity contribution < 1.29 is 4.39 Å². The van der Waals surface area contributed by atoms with E-state index in [-0.39, 0.29) is 18.4 Å². The number of hydrogen-bond donors (Lipinski definition) is 1. The average molecular weight is 208 g/mol. The van der Waals surface area contributed by atoms with Crippen molar-refractivity contribution in [1.82, 2.24) is 5.32 Å². The van der Waals surface area contributed by atoms with E-state index in [1.54, 1.807) is 0 Å². The van der Waals surface area contributed by atoms with Crippen LogP contribution < -0.4 is 5.32 Å². The minimum atomic E-state index is -0.560. The molecule has 1 aliphatic carbocycles. The third-order valence-electron chi connectivity index (χ3n) is 3.33. The van der Waals surface area contributed by atoms with Gasteiger partial charge in [0, 0.05) is 6.04 Å². The molecule has 1 heterocycles. The van der Waals surface area contributed by atoms with E-state index in [2.05, 4.69) is 5.32 Å². The molecule has 1 saturated carbocycles. The lowest BCUT2D eigenvalue weighted by atomic mass is 9.95. The van der Waals surface area contributed by atoms with Gasteiger partial charge in [-0.3, -0.25) is 0 Å². The molecule has 1 aliphatic heterocycles. The van der Waals surface area contributed by atoms with E-state index in [1.807, 2.05) is 0 Å². The molecule has 1 N–H and O–H groups in total. The van der Waals surface area contributed by atoms with Crippen LogP contribution in [0.2, 0.25) is 0 Å². The summed E-state index contributed by atoms with van der Waals surface area (Å²) in [4.78, 5) is 0. The summed E-state index contributed by atoms with van der Waals surface area (Å²) in [6, 6.07) is 0.188. The molecular weight excluding hydrogens is 189 g/mol. The summed E-state index contributed by atoms with van der Waals surface area (Å²) in [5.74, 6) is 0.376. The predicted octanol–water partition coefficient (Wildman–Crippen LogP) is 2.69. The molecule has 2 atom stereocenters. The first-order valence-corrected chi connectivity index (χ1v) is 5.25. The summed E-state index contributed by atoms with van der Waals surface area (Å²) in [6.45, 7) is 1.03. The lowest BCUT2D eigenvalue weighted by Gasteiger charge is -2.21.